The van der Waals surface area contributed by atoms with E-state index in [0.29, 0.717) is 19.4 Å². The smallest absolute Gasteiger partial charge is 0.308 e. The summed E-state index contributed by atoms with van der Waals surface area (Å²) in [6.07, 6.45) is 1.47. The van der Waals surface area contributed by atoms with Crippen LogP contribution >= 0.6 is 0 Å². The van der Waals surface area contributed by atoms with Crippen LogP contribution in [0.4, 0.5) is 5.69 Å². The average molecular weight is 344 g/mol. The van der Waals surface area contributed by atoms with Crippen molar-refractivity contribution in [1.82, 2.24) is 4.90 Å². The molecular weight excluding hydrogens is 320 g/mol. The molecule has 2 heterocycles. The van der Waals surface area contributed by atoms with Gasteiger partial charge < -0.3 is 14.9 Å². The lowest BCUT2D eigenvalue weighted by molar-refractivity contribution is -0.148. The van der Waals surface area contributed by atoms with Crippen molar-refractivity contribution in [2.24, 2.45) is 11.8 Å². The SMILES string of the molecule is Cc1ccc(N2CC(C(=O)N3CC(C(=O)O)CCC3C)CC2=O)cc1. The first-order chi connectivity index (χ1) is 11.9. The first-order valence-electron chi connectivity index (χ1n) is 8.77. The summed E-state index contributed by atoms with van der Waals surface area (Å²) >= 11 is 0. The van der Waals surface area contributed by atoms with Gasteiger partial charge in [-0.2, -0.15) is 0 Å². The zero-order chi connectivity index (χ0) is 18.1. The van der Waals surface area contributed by atoms with Crippen LogP contribution in [0.15, 0.2) is 24.3 Å². The number of anilines is 1. The molecule has 3 rings (SSSR count). The molecule has 25 heavy (non-hydrogen) atoms. The molecule has 1 aromatic carbocycles. The maximum absolute atomic E-state index is 12.9. The Kier molecular flexibility index (Phi) is 4.79. The first-order valence-corrected chi connectivity index (χ1v) is 8.77. The molecule has 3 unspecified atom stereocenters. The molecule has 2 amide bonds. The molecule has 2 fully saturated rings. The fourth-order valence-corrected chi connectivity index (χ4v) is 3.70. The molecule has 3 atom stereocenters. The van der Waals surface area contributed by atoms with Crippen LogP contribution in [0, 0.1) is 18.8 Å². The summed E-state index contributed by atoms with van der Waals surface area (Å²) in [4.78, 5) is 39.9. The minimum Gasteiger partial charge on any atom is -0.481 e. The highest BCUT2D eigenvalue weighted by Gasteiger charge is 2.40. The van der Waals surface area contributed by atoms with Gasteiger partial charge in [0.05, 0.1) is 11.8 Å². The van der Waals surface area contributed by atoms with Gasteiger partial charge >= 0.3 is 5.97 Å². The van der Waals surface area contributed by atoms with E-state index >= 15 is 0 Å². The van der Waals surface area contributed by atoms with Crippen molar-refractivity contribution in [2.75, 3.05) is 18.0 Å². The fraction of sp³-hybridized carbons (Fsp3) is 0.526. The second kappa shape index (κ2) is 6.86. The number of amides is 2. The Morgan fingerprint density at radius 3 is 2.40 bits per heavy atom. The Balaban J connectivity index is 1.71. The van der Waals surface area contributed by atoms with E-state index in [1.165, 1.54) is 0 Å². The summed E-state index contributed by atoms with van der Waals surface area (Å²) in [6, 6.07) is 7.70. The van der Waals surface area contributed by atoms with E-state index in [-0.39, 0.29) is 30.8 Å². The van der Waals surface area contributed by atoms with Crippen molar-refractivity contribution in [3.63, 3.8) is 0 Å². The van der Waals surface area contributed by atoms with Crippen LogP contribution in [0.3, 0.4) is 0 Å². The summed E-state index contributed by atoms with van der Waals surface area (Å²) in [5.74, 6) is -1.91. The van der Waals surface area contributed by atoms with Gasteiger partial charge in [-0.15, -0.1) is 0 Å². The zero-order valence-corrected chi connectivity index (χ0v) is 14.6. The number of hydrogen-bond acceptors (Lipinski definition) is 3. The number of aryl methyl sites for hydroxylation is 1. The maximum atomic E-state index is 12.9. The van der Waals surface area contributed by atoms with Crippen LogP contribution in [0.1, 0.15) is 31.7 Å². The molecule has 0 aromatic heterocycles. The van der Waals surface area contributed by atoms with Crippen molar-refractivity contribution in [1.29, 1.82) is 0 Å². The average Bonchev–Trinajstić information content (AvgIpc) is 2.97. The number of hydrogen-bond donors (Lipinski definition) is 1. The number of nitrogens with zero attached hydrogens (tertiary/aromatic N) is 2. The largest absolute Gasteiger partial charge is 0.481 e. The van der Waals surface area contributed by atoms with E-state index in [1.807, 2.05) is 38.1 Å². The summed E-state index contributed by atoms with van der Waals surface area (Å²) in [6.45, 7) is 4.54. The monoisotopic (exact) mass is 344 g/mol. The Labute approximate surface area is 147 Å². The van der Waals surface area contributed by atoms with Gasteiger partial charge in [0.1, 0.15) is 0 Å². The topological polar surface area (TPSA) is 77.9 Å². The molecule has 0 aliphatic carbocycles. The van der Waals surface area contributed by atoms with Gasteiger partial charge in [-0.1, -0.05) is 17.7 Å². The van der Waals surface area contributed by atoms with E-state index in [0.717, 1.165) is 11.3 Å². The molecule has 2 aliphatic rings. The van der Waals surface area contributed by atoms with Crippen LogP contribution < -0.4 is 4.90 Å². The number of rotatable bonds is 3. The summed E-state index contributed by atoms with van der Waals surface area (Å²) in [7, 11) is 0. The summed E-state index contributed by atoms with van der Waals surface area (Å²) in [5.41, 5.74) is 1.92. The van der Waals surface area contributed by atoms with Gasteiger partial charge in [0.25, 0.3) is 0 Å². The number of benzene rings is 1. The van der Waals surface area contributed by atoms with Gasteiger partial charge in [0, 0.05) is 31.2 Å². The molecule has 0 radical (unpaired) electrons. The quantitative estimate of drug-likeness (QED) is 0.910. The van der Waals surface area contributed by atoms with E-state index in [2.05, 4.69) is 0 Å². The molecule has 2 aliphatic heterocycles. The molecule has 6 heteroatoms. The highest BCUT2D eigenvalue weighted by Crippen LogP contribution is 2.30. The van der Waals surface area contributed by atoms with Crippen LogP contribution in [0.2, 0.25) is 0 Å². The minimum atomic E-state index is -0.853. The fourth-order valence-electron chi connectivity index (χ4n) is 3.70. The van der Waals surface area contributed by atoms with Gasteiger partial charge in [-0.05, 0) is 38.8 Å². The van der Waals surface area contributed by atoms with E-state index in [4.69, 9.17) is 0 Å². The van der Waals surface area contributed by atoms with Gasteiger partial charge in [-0.25, -0.2) is 0 Å². The highest BCUT2D eigenvalue weighted by molar-refractivity contribution is 6.00. The zero-order valence-electron chi connectivity index (χ0n) is 14.6. The van der Waals surface area contributed by atoms with Crippen LogP contribution in [-0.4, -0.2) is 46.9 Å². The van der Waals surface area contributed by atoms with Crippen LogP contribution in [0.5, 0.6) is 0 Å². The number of aliphatic carboxylic acids is 1. The second-order valence-electron chi connectivity index (χ2n) is 7.19. The Morgan fingerprint density at radius 1 is 1.08 bits per heavy atom. The molecule has 6 nitrogen and oxygen atoms in total. The highest BCUT2D eigenvalue weighted by atomic mass is 16.4. The van der Waals surface area contributed by atoms with Gasteiger partial charge in [0.15, 0.2) is 0 Å². The second-order valence-corrected chi connectivity index (χ2v) is 7.19. The maximum Gasteiger partial charge on any atom is 0.308 e. The number of carboxylic acids is 1. The predicted octanol–water partition coefficient (Wildman–Crippen LogP) is 2.06. The predicted molar refractivity (Wildman–Crippen MR) is 93.2 cm³/mol. The molecule has 1 aromatic rings. The standard InChI is InChI=1S/C19H24N2O4/c1-12-3-7-16(8-4-12)21-11-15(9-17(21)22)18(23)20-10-14(19(24)25)6-5-13(20)2/h3-4,7-8,13-15H,5-6,9-11H2,1-2H3,(H,24,25). The van der Waals surface area contributed by atoms with E-state index in [1.54, 1.807) is 9.80 Å². The number of carbonyl (C=O) groups excluding carboxylic acids is 2. The molecule has 0 bridgehead atoms. The normalized spacial score (nSPS) is 26.8. The van der Waals surface area contributed by atoms with Crippen molar-refractivity contribution in [3.8, 4) is 0 Å². The van der Waals surface area contributed by atoms with Crippen LogP contribution in [-0.2, 0) is 14.4 Å². The molecule has 0 spiro atoms. The minimum absolute atomic E-state index is 0.0200. The first kappa shape index (κ1) is 17.5. The molecule has 1 N–H and O–H groups in total. The molecule has 134 valence electrons. The lowest BCUT2D eigenvalue weighted by atomic mass is 9.92. The molecular formula is C19H24N2O4. The Hall–Kier alpha value is -2.37. The summed E-state index contributed by atoms with van der Waals surface area (Å²) < 4.78 is 0. The third kappa shape index (κ3) is 3.52. The lowest BCUT2D eigenvalue weighted by Gasteiger charge is -2.37. The van der Waals surface area contributed by atoms with Crippen molar-refractivity contribution in [3.05, 3.63) is 29.8 Å². The number of carboxylic acid groups (broad SMARTS) is 1. The van der Waals surface area contributed by atoms with E-state index < -0.39 is 17.8 Å². The number of piperidine rings is 1. The number of likely N-dealkylation sites (tertiary alicyclic amines) is 1. The third-order valence-electron chi connectivity index (χ3n) is 5.33. The van der Waals surface area contributed by atoms with Crippen molar-refractivity contribution >= 4 is 23.5 Å². The molecule has 2 saturated heterocycles. The van der Waals surface area contributed by atoms with Crippen molar-refractivity contribution < 1.29 is 19.5 Å². The molecule has 0 saturated carbocycles. The van der Waals surface area contributed by atoms with E-state index in [9.17, 15) is 19.5 Å². The summed E-state index contributed by atoms with van der Waals surface area (Å²) in [5, 5.41) is 9.24. The Bertz CT molecular complexity index is 685. The van der Waals surface area contributed by atoms with Gasteiger partial charge in [-0.3, -0.25) is 14.4 Å². The van der Waals surface area contributed by atoms with Crippen LogP contribution in [0.25, 0.3) is 0 Å². The Morgan fingerprint density at radius 2 is 1.76 bits per heavy atom. The van der Waals surface area contributed by atoms with Gasteiger partial charge in [0.2, 0.25) is 11.8 Å². The number of carbonyl (C=O) groups is 3. The third-order valence-corrected chi connectivity index (χ3v) is 5.33. The lowest BCUT2D eigenvalue weighted by Crippen LogP contribution is -2.49. The van der Waals surface area contributed by atoms with Crippen molar-refractivity contribution in [2.45, 2.75) is 39.2 Å².